The molecule has 1 aromatic heterocycles. The van der Waals surface area contributed by atoms with Gasteiger partial charge in [0, 0.05) is 39.6 Å². The zero-order chi connectivity index (χ0) is 15.2. The number of aromatic nitrogens is 1. The summed E-state index contributed by atoms with van der Waals surface area (Å²) in [7, 11) is 0. The molecule has 0 amide bonds. The minimum Gasteiger partial charge on any atom is -0.487 e. The van der Waals surface area contributed by atoms with Gasteiger partial charge in [-0.1, -0.05) is 30.1 Å². The average molecular weight is 390 g/mol. The first-order valence-electron chi connectivity index (χ1n) is 6.51. The predicted octanol–water partition coefficient (Wildman–Crippen LogP) is 4.84. The van der Waals surface area contributed by atoms with Crippen molar-refractivity contribution in [3.05, 3.63) is 56.2 Å². The number of nitrogens with one attached hydrogen (secondary N) is 1. The highest BCUT2D eigenvalue weighted by atomic mass is 79.9. The summed E-state index contributed by atoms with van der Waals surface area (Å²) in [6, 6.07) is 5.51. The van der Waals surface area contributed by atoms with Crippen LogP contribution in [-0.2, 0) is 13.2 Å². The van der Waals surface area contributed by atoms with Crippen LogP contribution >= 0.6 is 39.1 Å². The molecule has 1 heterocycles. The summed E-state index contributed by atoms with van der Waals surface area (Å²) in [5.41, 5.74) is 1.90. The van der Waals surface area contributed by atoms with E-state index in [0.29, 0.717) is 28.9 Å². The molecule has 3 nitrogen and oxygen atoms in total. The largest absolute Gasteiger partial charge is 0.487 e. The maximum Gasteiger partial charge on any atom is 0.142 e. The molecular formula is C15H15BrCl2N2O. The van der Waals surface area contributed by atoms with Crippen LogP contribution in [0.15, 0.2) is 35.1 Å². The van der Waals surface area contributed by atoms with Gasteiger partial charge in [-0.25, -0.2) is 0 Å². The monoisotopic (exact) mass is 388 g/mol. The number of hydrogen-bond acceptors (Lipinski definition) is 3. The number of nitrogens with zero attached hydrogens (tertiary/aromatic N) is 1. The van der Waals surface area contributed by atoms with Gasteiger partial charge in [0.2, 0.25) is 0 Å². The van der Waals surface area contributed by atoms with Gasteiger partial charge in [-0.05, 0) is 40.7 Å². The maximum absolute atomic E-state index is 6.25. The average Bonchev–Trinajstić information content (AvgIpc) is 2.44. The molecule has 0 aliphatic heterocycles. The van der Waals surface area contributed by atoms with E-state index < -0.39 is 0 Å². The minimum atomic E-state index is 0.396. The van der Waals surface area contributed by atoms with Crippen LogP contribution in [0.5, 0.6) is 5.75 Å². The van der Waals surface area contributed by atoms with E-state index in [1.807, 2.05) is 19.1 Å². The molecule has 2 aromatic rings. The van der Waals surface area contributed by atoms with Gasteiger partial charge >= 0.3 is 0 Å². The van der Waals surface area contributed by atoms with Crippen LogP contribution in [0.25, 0.3) is 0 Å². The predicted molar refractivity (Wildman–Crippen MR) is 90.1 cm³/mol. The van der Waals surface area contributed by atoms with Crippen molar-refractivity contribution in [2.24, 2.45) is 0 Å². The second-order valence-corrected chi connectivity index (χ2v) is 6.22. The van der Waals surface area contributed by atoms with Gasteiger partial charge in [0.1, 0.15) is 12.4 Å². The van der Waals surface area contributed by atoms with E-state index in [-0.39, 0.29) is 0 Å². The quantitative estimate of drug-likeness (QED) is 0.767. The standard InChI is InChI=1S/C15H15BrCl2N2O/c1-2-19-7-11-4-13(17)5-14(18)15(11)21-9-10-3-12(16)8-20-6-10/h3-6,8,19H,2,7,9H2,1H3. The first-order chi connectivity index (χ1) is 10.1. The van der Waals surface area contributed by atoms with E-state index in [4.69, 9.17) is 27.9 Å². The van der Waals surface area contributed by atoms with Crippen molar-refractivity contribution >= 4 is 39.1 Å². The van der Waals surface area contributed by atoms with Crippen molar-refractivity contribution in [2.45, 2.75) is 20.1 Å². The molecule has 1 aromatic carbocycles. The van der Waals surface area contributed by atoms with Crippen LogP contribution in [0.4, 0.5) is 0 Å². The summed E-state index contributed by atoms with van der Waals surface area (Å²) < 4.78 is 6.79. The third-order valence-corrected chi connectivity index (χ3v) is 3.73. The van der Waals surface area contributed by atoms with Crippen LogP contribution < -0.4 is 10.1 Å². The summed E-state index contributed by atoms with van der Waals surface area (Å²) in [6.07, 6.45) is 3.49. The van der Waals surface area contributed by atoms with Gasteiger partial charge in [-0.15, -0.1) is 0 Å². The number of benzene rings is 1. The molecule has 0 bridgehead atoms. The van der Waals surface area contributed by atoms with Crippen molar-refractivity contribution in [2.75, 3.05) is 6.54 Å². The highest BCUT2D eigenvalue weighted by molar-refractivity contribution is 9.10. The Kier molecular flexibility index (Phi) is 6.30. The van der Waals surface area contributed by atoms with Crippen molar-refractivity contribution < 1.29 is 4.74 Å². The van der Waals surface area contributed by atoms with E-state index in [9.17, 15) is 0 Å². The van der Waals surface area contributed by atoms with Crippen LogP contribution in [-0.4, -0.2) is 11.5 Å². The van der Waals surface area contributed by atoms with Crippen LogP contribution in [0.3, 0.4) is 0 Å². The number of halogens is 3. The molecule has 6 heteroatoms. The summed E-state index contributed by atoms with van der Waals surface area (Å²) >= 11 is 15.7. The fourth-order valence-corrected chi connectivity index (χ4v) is 2.86. The van der Waals surface area contributed by atoms with E-state index in [2.05, 4.69) is 26.2 Å². The fraction of sp³-hybridized carbons (Fsp3) is 0.267. The highest BCUT2D eigenvalue weighted by Gasteiger charge is 2.11. The molecule has 0 atom stereocenters. The molecule has 112 valence electrons. The second kappa shape index (κ2) is 7.99. The Bertz CT molecular complexity index is 623. The Morgan fingerprint density at radius 1 is 1.24 bits per heavy atom. The van der Waals surface area contributed by atoms with Crippen LogP contribution in [0, 0.1) is 0 Å². The SMILES string of the molecule is CCNCc1cc(Cl)cc(Cl)c1OCc1cncc(Br)c1. The number of ether oxygens (including phenoxy) is 1. The van der Waals surface area contributed by atoms with Crippen LogP contribution in [0.1, 0.15) is 18.1 Å². The Morgan fingerprint density at radius 2 is 2.05 bits per heavy atom. The Balaban J connectivity index is 2.18. The molecule has 1 N–H and O–H groups in total. The van der Waals surface area contributed by atoms with Crippen molar-refractivity contribution in [1.29, 1.82) is 0 Å². The Morgan fingerprint density at radius 3 is 2.76 bits per heavy atom. The molecule has 2 rings (SSSR count). The number of pyridine rings is 1. The molecule has 0 unspecified atom stereocenters. The normalized spacial score (nSPS) is 10.7. The van der Waals surface area contributed by atoms with Gasteiger partial charge in [-0.3, -0.25) is 4.98 Å². The fourth-order valence-electron chi connectivity index (χ4n) is 1.86. The van der Waals surface area contributed by atoms with Crippen molar-refractivity contribution in [3.8, 4) is 5.75 Å². The zero-order valence-electron chi connectivity index (χ0n) is 11.5. The molecular weight excluding hydrogens is 375 g/mol. The van der Waals surface area contributed by atoms with E-state index >= 15 is 0 Å². The van der Waals surface area contributed by atoms with Gasteiger partial charge in [-0.2, -0.15) is 0 Å². The van der Waals surface area contributed by atoms with E-state index in [0.717, 1.165) is 22.1 Å². The van der Waals surface area contributed by atoms with E-state index in [1.165, 1.54) is 0 Å². The van der Waals surface area contributed by atoms with Crippen molar-refractivity contribution in [1.82, 2.24) is 10.3 Å². The molecule has 0 fully saturated rings. The molecule has 0 aliphatic rings. The third kappa shape index (κ3) is 4.85. The lowest BCUT2D eigenvalue weighted by molar-refractivity contribution is 0.302. The summed E-state index contributed by atoms with van der Waals surface area (Å²) in [6.45, 7) is 3.95. The second-order valence-electron chi connectivity index (χ2n) is 4.46. The molecule has 0 spiro atoms. The summed E-state index contributed by atoms with van der Waals surface area (Å²) in [5.74, 6) is 0.655. The zero-order valence-corrected chi connectivity index (χ0v) is 14.6. The van der Waals surface area contributed by atoms with Gasteiger partial charge in [0.05, 0.1) is 5.02 Å². The summed E-state index contributed by atoms with van der Waals surface area (Å²) in [4.78, 5) is 4.11. The highest BCUT2D eigenvalue weighted by Crippen LogP contribution is 2.33. The lowest BCUT2D eigenvalue weighted by Gasteiger charge is -2.14. The smallest absolute Gasteiger partial charge is 0.142 e. The molecule has 0 aliphatic carbocycles. The van der Waals surface area contributed by atoms with Crippen LogP contribution in [0.2, 0.25) is 10.0 Å². The Hall–Kier alpha value is -0.810. The molecule has 0 saturated carbocycles. The van der Waals surface area contributed by atoms with Gasteiger partial charge < -0.3 is 10.1 Å². The molecule has 0 radical (unpaired) electrons. The van der Waals surface area contributed by atoms with Gasteiger partial charge in [0.25, 0.3) is 0 Å². The first-order valence-corrected chi connectivity index (χ1v) is 8.06. The lowest BCUT2D eigenvalue weighted by Crippen LogP contribution is -2.13. The summed E-state index contributed by atoms with van der Waals surface area (Å²) in [5, 5.41) is 4.36. The topological polar surface area (TPSA) is 34.1 Å². The lowest BCUT2D eigenvalue weighted by atomic mass is 10.2. The maximum atomic E-state index is 6.25. The first kappa shape index (κ1) is 16.6. The third-order valence-electron chi connectivity index (χ3n) is 2.80. The number of rotatable bonds is 6. The Labute approximate surface area is 142 Å². The van der Waals surface area contributed by atoms with Crippen molar-refractivity contribution in [3.63, 3.8) is 0 Å². The van der Waals surface area contributed by atoms with E-state index in [1.54, 1.807) is 18.5 Å². The molecule has 0 saturated heterocycles. The minimum absolute atomic E-state index is 0.396. The molecule has 21 heavy (non-hydrogen) atoms. The van der Waals surface area contributed by atoms with Gasteiger partial charge in [0.15, 0.2) is 0 Å². The number of hydrogen-bond donors (Lipinski definition) is 1.